The van der Waals surface area contributed by atoms with Gasteiger partial charge in [-0.2, -0.15) is 4.31 Å². The summed E-state index contributed by atoms with van der Waals surface area (Å²) >= 11 is 0. The van der Waals surface area contributed by atoms with E-state index >= 15 is 0 Å². The van der Waals surface area contributed by atoms with Crippen LogP contribution in [0.4, 0.5) is 0 Å². The maximum Gasteiger partial charge on any atom is 0.258 e. The van der Waals surface area contributed by atoms with Gasteiger partial charge in [0.25, 0.3) is 5.91 Å². The summed E-state index contributed by atoms with van der Waals surface area (Å²) in [5.74, 6) is 1.35. The maximum atomic E-state index is 12.7. The molecule has 174 valence electrons. The van der Waals surface area contributed by atoms with E-state index in [1.165, 1.54) is 0 Å². The fourth-order valence-electron chi connectivity index (χ4n) is 3.60. The minimum absolute atomic E-state index is 0.0627. The molecule has 0 aromatic heterocycles. The number of ether oxygens (including phenoxy) is 2. The number of nitrogens with one attached hydrogen (secondary N) is 1. The molecule has 2 aromatic rings. The quantitative estimate of drug-likeness (QED) is 0.548. The Morgan fingerprint density at radius 2 is 1.69 bits per heavy atom. The number of benzene rings is 2. The first-order valence-corrected chi connectivity index (χ1v) is 12.5. The Kier molecular flexibility index (Phi) is 8.53. The van der Waals surface area contributed by atoms with Crippen molar-refractivity contribution in [3.05, 3.63) is 54.1 Å². The summed E-state index contributed by atoms with van der Waals surface area (Å²) in [4.78, 5) is 12.3. The first kappa shape index (κ1) is 24.1. The van der Waals surface area contributed by atoms with Crippen LogP contribution < -0.4 is 14.8 Å². The van der Waals surface area contributed by atoms with Gasteiger partial charge in [0.1, 0.15) is 18.1 Å². The van der Waals surface area contributed by atoms with Crippen molar-refractivity contribution in [3.8, 4) is 11.5 Å². The molecule has 32 heavy (non-hydrogen) atoms. The molecule has 0 radical (unpaired) electrons. The van der Waals surface area contributed by atoms with Gasteiger partial charge in [0.15, 0.2) is 6.61 Å². The third-order valence-corrected chi connectivity index (χ3v) is 7.28. The van der Waals surface area contributed by atoms with E-state index in [0.29, 0.717) is 37.1 Å². The van der Waals surface area contributed by atoms with E-state index in [4.69, 9.17) is 9.47 Å². The highest BCUT2D eigenvalue weighted by Crippen LogP contribution is 2.26. The van der Waals surface area contributed by atoms with Gasteiger partial charge in [0.05, 0.1) is 11.4 Å². The third kappa shape index (κ3) is 6.46. The molecule has 8 heteroatoms. The number of rotatable bonds is 10. The van der Waals surface area contributed by atoms with Crippen LogP contribution in [0.25, 0.3) is 0 Å². The molecule has 1 aliphatic rings. The lowest BCUT2D eigenvalue weighted by Gasteiger charge is -2.25. The zero-order valence-electron chi connectivity index (χ0n) is 18.7. The van der Waals surface area contributed by atoms with E-state index in [9.17, 15) is 13.2 Å². The second kappa shape index (κ2) is 11.3. The molecule has 0 atom stereocenters. The average molecular weight is 461 g/mol. The molecule has 0 saturated carbocycles. The Morgan fingerprint density at radius 1 is 1.00 bits per heavy atom. The van der Waals surface area contributed by atoms with Crippen molar-refractivity contribution in [1.29, 1.82) is 0 Å². The van der Waals surface area contributed by atoms with E-state index in [1.807, 2.05) is 24.3 Å². The Bertz CT molecular complexity index is 984. The summed E-state index contributed by atoms with van der Waals surface area (Å²) in [6.45, 7) is 5.84. The zero-order chi connectivity index (χ0) is 23.0. The van der Waals surface area contributed by atoms with Crippen LogP contribution in [-0.2, 0) is 14.8 Å². The van der Waals surface area contributed by atoms with Crippen LogP contribution >= 0.6 is 0 Å². The van der Waals surface area contributed by atoms with Crippen molar-refractivity contribution in [1.82, 2.24) is 9.62 Å². The molecule has 1 heterocycles. The van der Waals surface area contributed by atoms with Crippen molar-refractivity contribution in [2.24, 2.45) is 0 Å². The number of hydrogen-bond acceptors (Lipinski definition) is 5. The van der Waals surface area contributed by atoms with Gasteiger partial charge in [0.2, 0.25) is 10.0 Å². The highest BCUT2D eigenvalue weighted by atomic mass is 32.2. The first-order chi connectivity index (χ1) is 15.4. The van der Waals surface area contributed by atoms with Crippen LogP contribution in [0, 0.1) is 0 Å². The summed E-state index contributed by atoms with van der Waals surface area (Å²) in [7, 11) is -3.45. The first-order valence-electron chi connectivity index (χ1n) is 11.1. The Balaban J connectivity index is 1.40. The van der Waals surface area contributed by atoms with Gasteiger partial charge in [-0.25, -0.2) is 8.42 Å². The number of sulfonamides is 1. The molecule has 1 amide bonds. The summed E-state index contributed by atoms with van der Waals surface area (Å²) in [6, 6.07) is 14.1. The fraction of sp³-hybridized carbons (Fsp3) is 0.458. The molecule has 3 rings (SSSR count). The minimum atomic E-state index is -3.45. The van der Waals surface area contributed by atoms with Crippen molar-refractivity contribution in [3.63, 3.8) is 0 Å². The van der Waals surface area contributed by atoms with E-state index < -0.39 is 10.0 Å². The Morgan fingerprint density at radius 3 is 2.38 bits per heavy atom. The van der Waals surface area contributed by atoms with Crippen LogP contribution in [0.15, 0.2) is 53.4 Å². The smallest absolute Gasteiger partial charge is 0.258 e. The Hall–Kier alpha value is -2.58. The topological polar surface area (TPSA) is 84.9 Å². The Labute approximate surface area is 190 Å². The second-order valence-electron chi connectivity index (χ2n) is 8.12. The number of nitrogens with zero attached hydrogens (tertiary/aromatic N) is 1. The summed E-state index contributed by atoms with van der Waals surface area (Å²) in [5.41, 5.74) is 1.06. The third-order valence-electron chi connectivity index (χ3n) is 5.37. The van der Waals surface area contributed by atoms with Crippen LogP contribution in [0.2, 0.25) is 0 Å². The van der Waals surface area contributed by atoms with E-state index in [1.54, 1.807) is 28.6 Å². The molecular formula is C24H32N2O5S. The standard InChI is InChI=1S/C24H32N2O5S/c1-19(2)22-8-4-5-9-23(22)31-18-24(27)25-14-17-30-20-10-12-21(13-11-20)32(28,29)26-15-6-3-7-16-26/h4-5,8-13,19H,3,6-7,14-18H2,1-2H3,(H,25,27). The number of hydrogen-bond donors (Lipinski definition) is 1. The largest absolute Gasteiger partial charge is 0.492 e. The van der Waals surface area contributed by atoms with Crippen molar-refractivity contribution < 1.29 is 22.7 Å². The number of carbonyl (C=O) groups is 1. The summed E-state index contributed by atoms with van der Waals surface area (Å²) < 4.78 is 38.2. The molecule has 7 nitrogen and oxygen atoms in total. The minimum Gasteiger partial charge on any atom is -0.492 e. The maximum absolute atomic E-state index is 12.7. The van der Waals surface area contributed by atoms with Crippen LogP contribution in [0.3, 0.4) is 0 Å². The van der Waals surface area contributed by atoms with Gasteiger partial charge in [-0.1, -0.05) is 38.5 Å². The number of para-hydroxylation sites is 1. The second-order valence-corrected chi connectivity index (χ2v) is 10.1. The van der Waals surface area contributed by atoms with Gasteiger partial charge in [-0.15, -0.1) is 0 Å². The van der Waals surface area contributed by atoms with E-state index in [2.05, 4.69) is 19.2 Å². The van der Waals surface area contributed by atoms with Crippen LogP contribution in [0.5, 0.6) is 11.5 Å². The van der Waals surface area contributed by atoms with E-state index in [-0.39, 0.29) is 24.0 Å². The van der Waals surface area contributed by atoms with Crippen LogP contribution in [-0.4, -0.2) is 51.5 Å². The highest BCUT2D eigenvalue weighted by Gasteiger charge is 2.25. The lowest BCUT2D eigenvalue weighted by atomic mass is 10.0. The number of carbonyl (C=O) groups excluding carboxylic acids is 1. The summed E-state index contributed by atoms with van der Waals surface area (Å²) in [6.07, 6.45) is 2.88. The van der Waals surface area contributed by atoms with Gasteiger partial charge in [-0.05, 0) is 54.7 Å². The highest BCUT2D eigenvalue weighted by molar-refractivity contribution is 7.89. The van der Waals surface area contributed by atoms with Gasteiger partial charge in [-0.3, -0.25) is 4.79 Å². The lowest BCUT2D eigenvalue weighted by Crippen LogP contribution is -2.35. The van der Waals surface area contributed by atoms with Gasteiger partial charge < -0.3 is 14.8 Å². The molecule has 1 N–H and O–H groups in total. The molecule has 0 aliphatic carbocycles. The number of piperidine rings is 1. The molecular weight excluding hydrogens is 428 g/mol. The zero-order valence-corrected chi connectivity index (χ0v) is 19.6. The van der Waals surface area contributed by atoms with Gasteiger partial charge >= 0.3 is 0 Å². The molecule has 0 spiro atoms. The molecule has 2 aromatic carbocycles. The number of amides is 1. The fourth-order valence-corrected chi connectivity index (χ4v) is 5.12. The molecule has 1 fully saturated rings. The lowest BCUT2D eigenvalue weighted by molar-refractivity contribution is -0.123. The monoisotopic (exact) mass is 460 g/mol. The molecule has 0 unspecified atom stereocenters. The molecule has 0 bridgehead atoms. The van der Waals surface area contributed by atoms with E-state index in [0.717, 1.165) is 24.8 Å². The molecule has 1 aliphatic heterocycles. The van der Waals surface area contributed by atoms with Crippen molar-refractivity contribution in [2.45, 2.75) is 43.9 Å². The normalized spacial score (nSPS) is 14.8. The van der Waals surface area contributed by atoms with Crippen molar-refractivity contribution in [2.75, 3.05) is 32.8 Å². The molecule has 1 saturated heterocycles. The SMILES string of the molecule is CC(C)c1ccccc1OCC(=O)NCCOc1ccc(S(=O)(=O)N2CCCCC2)cc1. The van der Waals surface area contributed by atoms with Gasteiger partial charge in [0, 0.05) is 13.1 Å². The van der Waals surface area contributed by atoms with Crippen molar-refractivity contribution >= 4 is 15.9 Å². The summed E-state index contributed by atoms with van der Waals surface area (Å²) in [5, 5.41) is 2.76. The van der Waals surface area contributed by atoms with Crippen LogP contribution in [0.1, 0.15) is 44.6 Å². The average Bonchev–Trinajstić information content (AvgIpc) is 2.81. The predicted octanol–water partition coefficient (Wildman–Crippen LogP) is 3.56. The predicted molar refractivity (Wildman–Crippen MR) is 124 cm³/mol.